The van der Waals surface area contributed by atoms with Crippen LogP contribution in [0.4, 0.5) is 4.39 Å². The van der Waals surface area contributed by atoms with E-state index < -0.39 is 5.67 Å². The number of hydrogen-bond donors (Lipinski definition) is 1. The van der Waals surface area contributed by atoms with Gasteiger partial charge in [0.1, 0.15) is 5.69 Å². The summed E-state index contributed by atoms with van der Waals surface area (Å²) in [6, 6.07) is 14.4. The highest BCUT2D eigenvalue weighted by Crippen LogP contribution is 2.35. The maximum Gasteiger partial charge on any atom is 0.260 e. The van der Waals surface area contributed by atoms with Crippen molar-refractivity contribution in [3.63, 3.8) is 0 Å². The molecule has 2 saturated heterocycles. The largest absolute Gasteiger partial charge is 0.367 e. The summed E-state index contributed by atoms with van der Waals surface area (Å²) in [4.78, 5) is 29.9. The van der Waals surface area contributed by atoms with Crippen molar-refractivity contribution >= 4 is 16.9 Å². The van der Waals surface area contributed by atoms with Crippen molar-refractivity contribution < 1.29 is 9.18 Å². The molecular weight excluding hydrogens is 467 g/mol. The number of nitrogens with zero attached hydrogens (tertiary/aromatic N) is 5. The molecule has 1 N–H and O–H groups in total. The number of halogens is 1. The minimum Gasteiger partial charge on any atom is -0.367 e. The van der Waals surface area contributed by atoms with Crippen molar-refractivity contribution in [2.75, 3.05) is 26.2 Å². The molecule has 0 saturated carbocycles. The minimum atomic E-state index is -1.76. The number of carbonyl (C=O) groups excluding carboxylic acids is 1. The van der Waals surface area contributed by atoms with Crippen molar-refractivity contribution in [1.29, 1.82) is 0 Å². The predicted molar refractivity (Wildman–Crippen MR) is 142 cm³/mol. The molecular formula is C29H33FN6O. The van der Waals surface area contributed by atoms with E-state index >= 15 is 4.39 Å². The van der Waals surface area contributed by atoms with E-state index in [4.69, 9.17) is 4.98 Å². The number of hydrogen-bond acceptors (Lipinski definition) is 4. The highest BCUT2D eigenvalue weighted by molar-refractivity contribution is 5.85. The van der Waals surface area contributed by atoms with Crippen molar-refractivity contribution in [2.24, 2.45) is 0 Å². The van der Waals surface area contributed by atoms with Gasteiger partial charge >= 0.3 is 0 Å². The molecule has 0 radical (unpaired) electrons. The molecule has 8 heteroatoms. The van der Waals surface area contributed by atoms with E-state index in [1.54, 1.807) is 11.1 Å². The van der Waals surface area contributed by atoms with Crippen molar-refractivity contribution in [2.45, 2.75) is 50.9 Å². The lowest BCUT2D eigenvalue weighted by Crippen LogP contribution is -2.53. The van der Waals surface area contributed by atoms with Gasteiger partial charge < -0.3 is 14.5 Å². The number of aryl methyl sites for hydroxylation is 1. The normalized spacial score (nSPS) is 18.9. The van der Waals surface area contributed by atoms with Gasteiger partial charge in [0.2, 0.25) is 0 Å². The molecule has 2 fully saturated rings. The first-order valence-electron chi connectivity index (χ1n) is 13.2. The van der Waals surface area contributed by atoms with Crippen molar-refractivity contribution in [1.82, 2.24) is 29.3 Å². The molecule has 0 atom stereocenters. The van der Waals surface area contributed by atoms with Gasteiger partial charge in [0.05, 0.1) is 11.0 Å². The third-order valence-electron chi connectivity index (χ3n) is 7.96. The lowest BCUT2D eigenvalue weighted by molar-refractivity contribution is -0.148. The number of H-pyrrole nitrogens is 1. The number of aromatic amines is 1. The molecule has 1 aromatic carbocycles. The molecule has 2 aliphatic rings. The number of benzene rings is 1. The SMILES string of the molecule is Cc1ccc2c(c1)nc(-c1ccccn1)n2C1CCN(C(=O)C2(F)CCN(Cc3cc[nH]c3)CC2)CC1. The summed E-state index contributed by atoms with van der Waals surface area (Å²) >= 11 is 0. The molecule has 0 bridgehead atoms. The fraction of sp³-hybridized carbons (Fsp3) is 0.414. The molecule has 4 aromatic rings. The lowest BCUT2D eigenvalue weighted by atomic mass is 9.90. The smallest absolute Gasteiger partial charge is 0.260 e. The van der Waals surface area contributed by atoms with E-state index in [1.165, 1.54) is 5.56 Å². The zero-order valence-electron chi connectivity index (χ0n) is 21.2. The number of pyridine rings is 1. The van der Waals surface area contributed by atoms with E-state index in [0.717, 1.165) is 47.5 Å². The van der Waals surface area contributed by atoms with Crippen LogP contribution >= 0.6 is 0 Å². The number of amides is 1. The third kappa shape index (κ3) is 4.66. The number of alkyl halides is 1. The number of piperidine rings is 2. The van der Waals surface area contributed by atoms with E-state index in [9.17, 15) is 4.79 Å². The fourth-order valence-corrected chi connectivity index (χ4v) is 5.86. The van der Waals surface area contributed by atoms with Crippen LogP contribution in [-0.4, -0.2) is 67.1 Å². The molecule has 6 rings (SSSR count). The number of likely N-dealkylation sites (tertiary alicyclic amines) is 2. The Morgan fingerprint density at radius 1 is 1.11 bits per heavy atom. The molecule has 7 nitrogen and oxygen atoms in total. The van der Waals surface area contributed by atoms with Gasteiger partial charge in [-0.15, -0.1) is 0 Å². The van der Waals surface area contributed by atoms with Gasteiger partial charge in [0, 0.05) is 70.2 Å². The monoisotopic (exact) mass is 500 g/mol. The van der Waals surface area contributed by atoms with Crippen LogP contribution in [0.25, 0.3) is 22.6 Å². The Balaban J connectivity index is 1.15. The highest BCUT2D eigenvalue weighted by Gasteiger charge is 2.45. The molecule has 0 aliphatic carbocycles. The summed E-state index contributed by atoms with van der Waals surface area (Å²) < 4.78 is 18.1. The van der Waals surface area contributed by atoms with Gasteiger partial charge in [-0.1, -0.05) is 12.1 Å². The Bertz CT molecular complexity index is 1370. The Labute approximate surface area is 216 Å². The van der Waals surface area contributed by atoms with Crippen LogP contribution in [0.3, 0.4) is 0 Å². The summed E-state index contributed by atoms with van der Waals surface area (Å²) in [7, 11) is 0. The van der Waals surface area contributed by atoms with Crippen LogP contribution in [0.1, 0.15) is 42.9 Å². The Morgan fingerprint density at radius 3 is 2.62 bits per heavy atom. The second-order valence-corrected chi connectivity index (χ2v) is 10.5. The van der Waals surface area contributed by atoms with Gasteiger partial charge in [0.15, 0.2) is 11.5 Å². The van der Waals surface area contributed by atoms with Gasteiger partial charge in [-0.3, -0.25) is 14.7 Å². The lowest BCUT2D eigenvalue weighted by Gasteiger charge is -2.40. The zero-order valence-corrected chi connectivity index (χ0v) is 21.2. The molecule has 0 spiro atoms. The van der Waals surface area contributed by atoms with Gasteiger partial charge in [0.25, 0.3) is 5.91 Å². The Hall–Kier alpha value is -3.52. The molecule has 2 aliphatic heterocycles. The first kappa shape index (κ1) is 23.9. The van der Waals surface area contributed by atoms with Crippen LogP contribution in [0, 0.1) is 6.92 Å². The van der Waals surface area contributed by atoms with Crippen molar-refractivity contribution in [3.8, 4) is 11.5 Å². The van der Waals surface area contributed by atoms with E-state index in [0.29, 0.717) is 26.2 Å². The quantitative estimate of drug-likeness (QED) is 0.423. The number of carbonyl (C=O) groups is 1. The summed E-state index contributed by atoms with van der Waals surface area (Å²) in [5, 5.41) is 0. The number of nitrogens with one attached hydrogen (secondary N) is 1. The van der Waals surface area contributed by atoms with Crippen molar-refractivity contribution in [3.05, 3.63) is 72.2 Å². The number of fused-ring (bicyclic) bond motifs is 1. The molecule has 192 valence electrons. The maximum absolute atomic E-state index is 15.9. The Morgan fingerprint density at radius 2 is 1.92 bits per heavy atom. The number of rotatable bonds is 5. The van der Waals surface area contributed by atoms with Crippen LogP contribution in [0.5, 0.6) is 0 Å². The standard InChI is InChI=1S/C29H33FN6O/c1-21-5-6-26-25(18-21)33-27(24-4-2-3-12-32-24)36(26)23-8-14-35(15-9-23)28(37)29(30)10-16-34(17-11-29)20-22-7-13-31-19-22/h2-7,12-13,18-19,23,31H,8-11,14-17,20H2,1H3. The van der Waals surface area contributed by atoms with Gasteiger partial charge in [-0.2, -0.15) is 0 Å². The number of imidazole rings is 1. The number of aromatic nitrogens is 4. The molecule has 0 unspecified atom stereocenters. The maximum atomic E-state index is 15.9. The predicted octanol–water partition coefficient (Wildman–Crippen LogP) is 4.90. The summed E-state index contributed by atoms with van der Waals surface area (Å²) in [6.07, 6.45) is 7.70. The zero-order chi connectivity index (χ0) is 25.4. The van der Waals surface area contributed by atoms with Crippen LogP contribution in [-0.2, 0) is 11.3 Å². The second kappa shape index (κ2) is 9.74. The Kier molecular flexibility index (Phi) is 6.28. The first-order chi connectivity index (χ1) is 18.0. The molecule has 37 heavy (non-hydrogen) atoms. The van der Waals surface area contributed by atoms with E-state index in [1.807, 2.05) is 36.7 Å². The summed E-state index contributed by atoms with van der Waals surface area (Å²) in [6.45, 7) is 5.15. The highest BCUT2D eigenvalue weighted by atomic mass is 19.1. The minimum absolute atomic E-state index is 0.174. The second-order valence-electron chi connectivity index (χ2n) is 10.5. The van der Waals surface area contributed by atoms with Crippen LogP contribution in [0.15, 0.2) is 61.1 Å². The first-order valence-corrected chi connectivity index (χ1v) is 13.2. The summed E-state index contributed by atoms with van der Waals surface area (Å²) in [5.74, 6) is 0.519. The van der Waals surface area contributed by atoms with Crippen LogP contribution in [0.2, 0.25) is 0 Å². The molecule has 5 heterocycles. The van der Waals surface area contributed by atoms with Gasteiger partial charge in [-0.05, 0) is 61.2 Å². The van der Waals surface area contributed by atoms with Gasteiger partial charge in [-0.25, -0.2) is 9.37 Å². The van der Waals surface area contributed by atoms with Crippen LogP contribution < -0.4 is 0 Å². The molecule has 1 amide bonds. The fourth-order valence-electron chi connectivity index (χ4n) is 5.86. The average molecular weight is 501 g/mol. The third-order valence-corrected chi connectivity index (χ3v) is 7.96. The average Bonchev–Trinajstić information content (AvgIpc) is 3.58. The summed E-state index contributed by atoms with van der Waals surface area (Å²) in [5.41, 5.74) is 3.45. The van der Waals surface area contributed by atoms with E-state index in [2.05, 4.69) is 44.6 Å². The molecule has 3 aromatic heterocycles. The topological polar surface area (TPSA) is 70.1 Å². The van der Waals surface area contributed by atoms with E-state index in [-0.39, 0.29) is 24.8 Å².